The highest BCUT2D eigenvalue weighted by Gasteiger charge is 2.05. The number of carbonyl (C=O) groups excluding carboxylic acids is 1. The summed E-state index contributed by atoms with van der Waals surface area (Å²) in [5.41, 5.74) is 0. The summed E-state index contributed by atoms with van der Waals surface area (Å²) in [5.74, 6) is 0.578. The average molecular weight is 173 g/mol. The molecule has 1 amide bonds. The summed E-state index contributed by atoms with van der Waals surface area (Å²) in [7, 11) is 0. The maximum Gasteiger partial charge on any atom is 0.407 e. The smallest absolute Gasteiger partial charge is 0.407 e. The summed E-state index contributed by atoms with van der Waals surface area (Å²) >= 11 is 0. The molecule has 0 aromatic carbocycles. The fraction of sp³-hybridized carbons (Fsp3) is 0.889. The predicted octanol–water partition coefficient (Wildman–Crippen LogP) is 2.17. The van der Waals surface area contributed by atoms with Crippen molar-refractivity contribution >= 4 is 6.09 Å². The van der Waals surface area contributed by atoms with Crippen LogP contribution < -0.4 is 5.32 Å². The van der Waals surface area contributed by atoms with Gasteiger partial charge in [0.15, 0.2) is 0 Å². The number of nitrogens with one attached hydrogen (secondary N) is 1. The normalized spacial score (nSPS) is 10.0. The Morgan fingerprint density at radius 3 is 2.33 bits per heavy atom. The van der Waals surface area contributed by atoms with Gasteiger partial charge in [-0.3, -0.25) is 0 Å². The predicted molar refractivity (Wildman–Crippen MR) is 49.1 cm³/mol. The standard InChI is InChI=1S/C9H19NO2/c1-4-8(5-2)7-10-9(11)12-6-3/h8H,4-7H2,1-3H3,(H,10,11). The molecule has 0 aliphatic heterocycles. The molecule has 0 rings (SSSR count). The minimum atomic E-state index is -0.301. The fourth-order valence-electron chi connectivity index (χ4n) is 0.987. The molecule has 12 heavy (non-hydrogen) atoms. The quantitative estimate of drug-likeness (QED) is 0.692. The van der Waals surface area contributed by atoms with Crippen LogP contribution in [-0.4, -0.2) is 19.2 Å². The molecule has 0 saturated heterocycles. The van der Waals surface area contributed by atoms with Gasteiger partial charge >= 0.3 is 6.09 Å². The molecular weight excluding hydrogens is 154 g/mol. The van der Waals surface area contributed by atoms with Gasteiger partial charge < -0.3 is 10.1 Å². The molecule has 0 radical (unpaired) electrons. The van der Waals surface area contributed by atoms with Gasteiger partial charge in [-0.15, -0.1) is 0 Å². The fourth-order valence-corrected chi connectivity index (χ4v) is 0.987. The Kier molecular flexibility index (Phi) is 6.53. The van der Waals surface area contributed by atoms with Crippen LogP contribution in [-0.2, 0) is 4.74 Å². The van der Waals surface area contributed by atoms with Crippen molar-refractivity contribution in [2.45, 2.75) is 33.6 Å². The first-order valence-corrected chi connectivity index (χ1v) is 4.65. The van der Waals surface area contributed by atoms with E-state index in [2.05, 4.69) is 19.2 Å². The molecule has 0 heterocycles. The molecule has 3 heteroatoms. The molecule has 0 spiro atoms. The lowest BCUT2D eigenvalue weighted by Gasteiger charge is -2.12. The van der Waals surface area contributed by atoms with Gasteiger partial charge in [-0.1, -0.05) is 26.7 Å². The minimum Gasteiger partial charge on any atom is -0.450 e. The van der Waals surface area contributed by atoms with Crippen molar-refractivity contribution in [1.82, 2.24) is 5.32 Å². The Bertz CT molecular complexity index is 122. The van der Waals surface area contributed by atoms with Crippen LogP contribution in [0.15, 0.2) is 0 Å². The van der Waals surface area contributed by atoms with Gasteiger partial charge in [-0.25, -0.2) is 4.79 Å². The molecule has 0 aliphatic rings. The SMILES string of the molecule is CCOC(=O)NCC(CC)CC. The van der Waals surface area contributed by atoms with E-state index in [4.69, 9.17) is 4.74 Å². The lowest BCUT2D eigenvalue weighted by atomic mass is 10.0. The topological polar surface area (TPSA) is 38.3 Å². The maximum atomic E-state index is 10.8. The zero-order valence-corrected chi connectivity index (χ0v) is 8.22. The molecule has 0 bridgehead atoms. The van der Waals surface area contributed by atoms with E-state index in [-0.39, 0.29) is 6.09 Å². The van der Waals surface area contributed by atoms with E-state index in [0.29, 0.717) is 12.5 Å². The first kappa shape index (κ1) is 11.3. The summed E-state index contributed by atoms with van der Waals surface area (Å²) in [5, 5.41) is 2.72. The summed E-state index contributed by atoms with van der Waals surface area (Å²) in [6.45, 7) is 7.22. The third kappa shape index (κ3) is 4.99. The van der Waals surface area contributed by atoms with E-state index in [1.54, 1.807) is 6.92 Å². The van der Waals surface area contributed by atoms with E-state index in [9.17, 15) is 4.79 Å². The molecule has 0 unspecified atom stereocenters. The monoisotopic (exact) mass is 173 g/mol. The molecule has 3 nitrogen and oxygen atoms in total. The molecule has 0 atom stereocenters. The van der Waals surface area contributed by atoms with Gasteiger partial charge in [-0.2, -0.15) is 0 Å². The largest absolute Gasteiger partial charge is 0.450 e. The van der Waals surface area contributed by atoms with E-state index >= 15 is 0 Å². The van der Waals surface area contributed by atoms with Crippen LogP contribution in [0.1, 0.15) is 33.6 Å². The molecular formula is C9H19NO2. The number of hydrogen-bond donors (Lipinski definition) is 1. The van der Waals surface area contributed by atoms with Crippen LogP contribution in [0.2, 0.25) is 0 Å². The van der Waals surface area contributed by atoms with Crippen LogP contribution in [0.4, 0.5) is 4.79 Å². The van der Waals surface area contributed by atoms with Crippen molar-refractivity contribution in [3.8, 4) is 0 Å². The van der Waals surface area contributed by atoms with Gasteiger partial charge in [0.25, 0.3) is 0 Å². The summed E-state index contributed by atoms with van der Waals surface area (Å²) in [6, 6.07) is 0. The van der Waals surface area contributed by atoms with Gasteiger partial charge in [0, 0.05) is 6.54 Å². The summed E-state index contributed by atoms with van der Waals surface area (Å²) in [4.78, 5) is 10.8. The van der Waals surface area contributed by atoms with Crippen molar-refractivity contribution in [3.05, 3.63) is 0 Å². The van der Waals surface area contributed by atoms with Crippen LogP contribution in [0.3, 0.4) is 0 Å². The van der Waals surface area contributed by atoms with Crippen LogP contribution in [0.5, 0.6) is 0 Å². The molecule has 0 aromatic heterocycles. The van der Waals surface area contributed by atoms with Crippen molar-refractivity contribution in [2.24, 2.45) is 5.92 Å². The lowest BCUT2D eigenvalue weighted by Crippen LogP contribution is -2.29. The summed E-state index contributed by atoms with van der Waals surface area (Å²) in [6.07, 6.45) is 1.90. The Morgan fingerprint density at radius 2 is 1.92 bits per heavy atom. The van der Waals surface area contributed by atoms with Gasteiger partial charge in [0.2, 0.25) is 0 Å². The van der Waals surface area contributed by atoms with Gasteiger partial charge in [0.1, 0.15) is 0 Å². The Balaban J connectivity index is 3.44. The van der Waals surface area contributed by atoms with Crippen LogP contribution >= 0.6 is 0 Å². The molecule has 0 fully saturated rings. The van der Waals surface area contributed by atoms with Crippen LogP contribution in [0.25, 0.3) is 0 Å². The van der Waals surface area contributed by atoms with E-state index in [1.165, 1.54) is 0 Å². The Hall–Kier alpha value is -0.730. The lowest BCUT2D eigenvalue weighted by molar-refractivity contribution is 0.150. The van der Waals surface area contributed by atoms with Crippen molar-refractivity contribution < 1.29 is 9.53 Å². The highest BCUT2D eigenvalue weighted by molar-refractivity contribution is 5.66. The highest BCUT2D eigenvalue weighted by atomic mass is 16.5. The second-order valence-electron chi connectivity index (χ2n) is 2.78. The van der Waals surface area contributed by atoms with E-state index < -0.39 is 0 Å². The van der Waals surface area contributed by atoms with Gasteiger partial charge in [0.05, 0.1) is 6.61 Å². The molecule has 1 N–H and O–H groups in total. The third-order valence-corrected chi connectivity index (χ3v) is 1.97. The number of amides is 1. The zero-order valence-electron chi connectivity index (χ0n) is 8.22. The second kappa shape index (κ2) is 6.95. The Labute approximate surface area is 74.5 Å². The molecule has 0 aromatic rings. The van der Waals surface area contributed by atoms with E-state index in [0.717, 1.165) is 19.4 Å². The van der Waals surface area contributed by atoms with Crippen molar-refractivity contribution in [3.63, 3.8) is 0 Å². The first-order valence-electron chi connectivity index (χ1n) is 4.65. The van der Waals surface area contributed by atoms with Crippen molar-refractivity contribution in [2.75, 3.05) is 13.2 Å². The van der Waals surface area contributed by atoms with Crippen molar-refractivity contribution in [1.29, 1.82) is 0 Å². The number of hydrogen-bond acceptors (Lipinski definition) is 2. The minimum absolute atomic E-state index is 0.301. The molecule has 0 aliphatic carbocycles. The number of alkyl carbamates (subject to hydrolysis) is 1. The molecule has 72 valence electrons. The second-order valence-corrected chi connectivity index (χ2v) is 2.78. The number of rotatable bonds is 5. The third-order valence-electron chi connectivity index (χ3n) is 1.97. The average Bonchev–Trinajstić information content (AvgIpc) is 2.07. The Morgan fingerprint density at radius 1 is 1.33 bits per heavy atom. The van der Waals surface area contributed by atoms with Crippen LogP contribution in [0, 0.1) is 5.92 Å². The highest BCUT2D eigenvalue weighted by Crippen LogP contribution is 2.04. The summed E-state index contributed by atoms with van der Waals surface area (Å²) < 4.78 is 4.73. The number of carbonyl (C=O) groups is 1. The van der Waals surface area contributed by atoms with E-state index in [1.807, 2.05) is 0 Å². The maximum absolute atomic E-state index is 10.8. The number of ether oxygens (including phenoxy) is 1. The first-order chi connectivity index (χ1) is 5.74. The zero-order chi connectivity index (χ0) is 9.40. The van der Waals surface area contributed by atoms with Gasteiger partial charge in [-0.05, 0) is 12.8 Å². The molecule has 0 saturated carbocycles.